The maximum atomic E-state index is 11.1. The normalized spacial score (nSPS) is 16.9. The van der Waals surface area contributed by atoms with Gasteiger partial charge in [0.05, 0.1) is 4.92 Å². The average Bonchev–Trinajstić information content (AvgIpc) is 3.48. The van der Waals surface area contributed by atoms with E-state index in [2.05, 4.69) is 11.4 Å². The number of benzene rings is 2. The zero-order valence-corrected chi connectivity index (χ0v) is 14.3. The van der Waals surface area contributed by atoms with E-state index in [1.807, 2.05) is 18.2 Å². The van der Waals surface area contributed by atoms with Crippen LogP contribution in [0, 0.1) is 16.0 Å². The van der Waals surface area contributed by atoms with Crippen LogP contribution < -0.4 is 20.5 Å². The summed E-state index contributed by atoms with van der Waals surface area (Å²) in [7, 11) is 0. The summed E-state index contributed by atoms with van der Waals surface area (Å²) >= 11 is 0. The van der Waals surface area contributed by atoms with Gasteiger partial charge in [-0.15, -0.1) is 0 Å². The molecule has 1 heterocycles. The second-order valence-electron chi connectivity index (χ2n) is 6.75. The fourth-order valence-corrected chi connectivity index (χ4v) is 3.32. The Morgan fingerprint density at radius 1 is 1.15 bits per heavy atom. The summed E-state index contributed by atoms with van der Waals surface area (Å²) in [6.45, 7) is 1.68. The third-order valence-corrected chi connectivity index (χ3v) is 4.84. The number of nitrogen functional groups attached to an aromatic ring is 1. The molecular weight excluding hydrogens is 334 g/mol. The molecule has 0 aromatic heterocycles. The van der Waals surface area contributed by atoms with E-state index in [4.69, 9.17) is 15.2 Å². The minimum absolute atomic E-state index is 0.0494. The van der Waals surface area contributed by atoms with Crippen molar-refractivity contribution < 1.29 is 14.4 Å². The standard InChI is InChI=1S/C19H21N3O4/c20-15-5-1-12(9-16(15)22(23)24)11-21-19(13-2-3-13)14-4-6-17-18(10-14)26-8-7-25-17/h1,4-6,9-10,13,19,21H,2-3,7-8,11,20H2. The lowest BCUT2D eigenvalue weighted by molar-refractivity contribution is -0.384. The Hall–Kier alpha value is -2.80. The monoisotopic (exact) mass is 355 g/mol. The first kappa shape index (κ1) is 16.7. The van der Waals surface area contributed by atoms with E-state index in [0.717, 1.165) is 22.6 Å². The Morgan fingerprint density at radius 2 is 1.92 bits per heavy atom. The third kappa shape index (κ3) is 3.43. The molecule has 1 saturated carbocycles. The molecular formula is C19H21N3O4. The van der Waals surface area contributed by atoms with Crippen LogP contribution in [0.4, 0.5) is 11.4 Å². The summed E-state index contributed by atoms with van der Waals surface area (Å²) in [6.07, 6.45) is 2.35. The molecule has 0 amide bonds. The predicted octanol–water partition coefficient (Wildman–Crippen LogP) is 3.19. The smallest absolute Gasteiger partial charge is 0.292 e. The van der Waals surface area contributed by atoms with Gasteiger partial charge in [-0.3, -0.25) is 10.1 Å². The number of hydrogen-bond donors (Lipinski definition) is 2. The van der Waals surface area contributed by atoms with Crippen LogP contribution in [0.2, 0.25) is 0 Å². The molecule has 1 fully saturated rings. The largest absolute Gasteiger partial charge is 0.486 e. The fraction of sp³-hybridized carbons (Fsp3) is 0.368. The molecule has 2 aromatic rings. The van der Waals surface area contributed by atoms with Crippen LogP contribution in [0.3, 0.4) is 0 Å². The first-order valence-corrected chi connectivity index (χ1v) is 8.77. The molecule has 2 aromatic carbocycles. The lowest BCUT2D eigenvalue weighted by Gasteiger charge is -2.23. The van der Waals surface area contributed by atoms with Gasteiger partial charge in [0.15, 0.2) is 11.5 Å². The van der Waals surface area contributed by atoms with Gasteiger partial charge < -0.3 is 20.5 Å². The van der Waals surface area contributed by atoms with Crippen LogP contribution in [-0.2, 0) is 6.54 Å². The lowest BCUT2D eigenvalue weighted by atomic mass is 10.0. The number of nitro groups is 1. The zero-order chi connectivity index (χ0) is 18.1. The van der Waals surface area contributed by atoms with Crippen molar-refractivity contribution >= 4 is 11.4 Å². The van der Waals surface area contributed by atoms with E-state index in [0.29, 0.717) is 25.7 Å². The number of nitrogens with two attached hydrogens (primary N) is 1. The van der Waals surface area contributed by atoms with Gasteiger partial charge in [-0.25, -0.2) is 0 Å². The Balaban J connectivity index is 1.52. The summed E-state index contributed by atoms with van der Waals surface area (Å²) in [6, 6.07) is 11.2. The number of nitrogens with one attached hydrogen (secondary N) is 1. The van der Waals surface area contributed by atoms with Gasteiger partial charge >= 0.3 is 0 Å². The summed E-state index contributed by atoms with van der Waals surface area (Å²) < 4.78 is 11.3. The SMILES string of the molecule is Nc1ccc(CNC(c2ccc3c(c2)OCCO3)C2CC2)cc1[N+](=O)[O-]. The van der Waals surface area contributed by atoms with Crippen molar-refractivity contribution in [1.29, 1.82) is 0 Å². The second-order valence-corrected chi connectivity index (χ2v) is 6.75. The second kappa shape index (κ2) is 6.84. The number of hydrogen-bond acceptors (Lipinski definition) is 6. The summed E-state index contributed by atoms with van der Waals surface area (Å²) in [5.41, 5.74) is 7.80. The quantitative estimate of drug-likeness (QED) is 0.469. The first-order chi connectivity index (χ1) is 12.6. The van der Waals surface area contributed by atoms with Crippen molar-refractivity contribution in [1.82, 2.24) is 5.32 Å². The Labute approximate surface area is 151 Å². The molecule has 1 aliphatic heterocycles. The minimum Gasteiger partial charge on any atom is -0.486 e. The van der Waals surface area contributed by atoms with Gasteiger partial charge in [0.25, 0.3) is 5.69 Å². The molecule has 3 N–H and O–H groups in total. The molecule has 0 bridgehead atoms. The van der Waals surface area contributed by atoms with Crippen LogP contribution >= 0.6 is 0 Å². The Bertz CT molecular complexity index is 836. The molecule has 0 saturated heterocycles. The zero-order valence-electron chi connectivity index (χ0n) is 14.3. The highest BCUT2D eigenvalue weighted by molar-refractivity contribution is 5.59. The van der Waals surface area contributed by atoms with E-state index in [1.54, 1.807) is 6.07 Å². The van der Waals surface area contributed by atoms with Gasteiger partial charge in [-0.2, -0.15) is 0 Å². The van der Waals surface area contributed by atoms with Gasteiger partial charge in [-0.05, 0) is 48.1 Å². The highest BCUT2D eigenvalue weighted by Gasteiger charge is 2.32. The first-order valence-electron chi connectivity index (χ1n) is 8.77. The van der Waals surface area contributed by atoms with Crippen LogP contribution in [0.1, 0.15) is 30.0 Å². The van der Waals surface area contributed by atoms with Gasteiger partial charge in [0.1, 0.15) is 18.9 Å². The molecule has 26 heavy (non-hydrogen) atoms. The van der Waals surface area contributed by atoms with E-state index < -0.39 is 4.92 Å². The molecule has 0 radical (unpaired) electrons. The molecule has 1 atom stereocenters. The van der Waals surface area contributed by atoms with Crippen LogP contribution in [0.15, 0.2) is 36.4 Å². The van der Waals surface area contributed by atoms with Crippen molar-refractivity contribution in [2.75, 3.05) is 18.9 Å². The van der Waals surface area contributed by atoms with E-state index in [-0.39, 0.29) is 17.4 Å². The summed E-state index contributed by atoms with van der Waals surface area (Å²) in [4.78, 5) is 10.6. The number of anilines is 1. The van der Waals surface area contributed by atoms with E-state index in [1.165, 1.54) is 18.9 Å². The molecule has 1 aliphatic carbocycles. The number of fused-ring (bicyclic) bond motifs is 1. The topological polar surface area (TPSA) is 99.7 Å². The van der Waals surface area contributed by atoms with Crippen molar-refractivity contribution in [3.05, 3.63) is 57.6 Å². The molecule has 2 aliphatic rings. The maximum absolute atomic E-state index is 11.1. The molecule has 136 valence electrons. The summed E-state index contributed by atoms with van der Waals surface area (Å²) in [5, 5.41) is 14.6. The molecule has 7 heteroatoms. The van der Waals surface area contributed by atoms with E-state index >= 15 is 0 Å². The Morgan fingerprint density at radius 3 is 2.65 bits per heavy atom. The predicted molar refractivity (Wildman–Crippen MR) is 97.2 cm³/mol. The summed E-state index contributed by atoms with van der Waals surface area (Å²) in [5.74, 6) is 2.13. The number of rotatable bonds is 6. The van der Waals surface area contributed by atoms with Crippen molar-refractivity contribution in [2.24, 2.45) is 5.92 Å². The van der Waals surface area contributed by atoms with Gasteiger partial charge in [-0.1, -0.05) is 12.1 Å². The molecule has 0 spiro atoms. The molecule has 7 nitrogen and oxygen atoms in total. The highest BCUT2D eigenvalue weighted by atomic mass is 16.6. The molecule has 1 unspecified atom stereocenters. The number of ether oxygens (including phenoxy) is 2. The average molecular weight is 355 g/mol. The minimum atomic E-state index is -0.446. The number of nitro benzene ring substituents is 1. The number of nitrogens with zero attached hydrogens (tertiary/aromatic N) is 1. The van der Waals surface area contributed by atoms with Gasteiger partial charge in [0, 0.05) is 18.7 Å². The third-order valence-electron chi connectivity index (χ3n) is 4.84. The highest BCUT2D eigenvalue weighted by Crippen LogP contribution is 2.43. The van der Waals surface area contributed by atoms with E-state index in [9.17, 15) is 10.1 Å². The van der Waals surface area contributed by atoms with Crippen molar-refractivity contribution in [3.8, 4) is 11.5 Å². The maximum Gasteiger partial charge on any atom is 0.292 e. The Kier molecular flexibility index (Phi) is 4.38. The van der Waals surface area contributed by atoms with Crippen LogP contribution in [0.25, 0.3) is 0 Å². The van der Waals surface area contributed by atoms with Crippen LogP contribution in [0.5, 0.6) is 11.5 Å². The molecule has 4 rings (SSSR count). The lowest BCUT2D eigenvalue weighted by Crippen LogP contribution is -2.23. The fourth-order valence-electron chi connectivity index (χ4n) is 3.32. The van der Waals surface area contributed by atoms with Gasteiger partial charge in [0.2, 0.25) is 0 Å². The van der Waals surface area contributed by atoms with Crippen molar-refractivity contribution in [3.63, 3.8) is 0 Å². The van der Waals surface area contributed by atoms with Crippen molar-refractivity contribution in [2.45, 2.75) is 25.4 Å². The van der Waals surface area contributed by atoms with Crippen LogP contribution in [-0.4, -0.2) is 18.1 Å².